The number of anilines is 3. The van der Waals surface area contributed by atoms with E-state index in [2.05, 4.69) is 25.7 Å². The number of hydrogen-bond acceptors (Lipinski definition) is 7. The van der Waals surface area contributed by atoms with Crippen molar-refractivity contribution < 1.29 is 41.8 Å². The van der Waals surface area contributed by atoms with Gasteiger partial charge in [0, 0.05) is 23.3 Å². The first-order valence-corrected chi connectivity index (χ1v) is 9.70. The standard InChI is InChI=1S/C19H14F2N6O2.C2HF3O2/c20-11-2-1-3-12(4-11)25-18(29)9-27-8-13(7-24-27)26-19-14-5-15(21)17(28)6-16(14)22-10-23-19;3-2(4,5)1(6)7/h1-8,10,28H,9H2,(H,25,29)(H,22,23,26);(H,6,7). The second-order valence-corrected chi connectivity index (χ2v) is 6.96. The summed E-state index contributed by atoms with van der Waals surface area (Å²) >= 11 is 0. The quantitative estimate of drug-likeness (QED) is 0.297. The molecule has 2 aromatic heterocycles. The fourth-order valence-corrected chi connectivity index (χ4v) is 2.73. The Hall–Kier alpha value is -4.82. The summed E-state index contributed by atoms with van der Waals surface area (Å²) in [5, 5.41) is 26.6. The molecule has 0 aliphatic heterocycles. The maximum atomic E-state index is 13.7. The number of phenolic OH excluding ortho intramolecular Hbond substituents is 1. The summed E-state index contributed by atoms with van der Waals surface area (Å²) in [6, 6.07) is 7.90. The Balaban J connectivity index is 0.000000454. The fourth-order valence-electron chi connectivity index (χ4n) is 2.73. The van der Waals surface area contributed by atoms with Gasteiger partial charge in [0.05, 0.1) is 17.4 Å². The number of halogens is 5. The molecule has 0 unspecified atom stereocenters. The highest BCUT2D eigenvalue weighted by atomic mass is 19.4. The van der Waals surface area contributed by atoms with Crippen LogP contribution >= 0.6 is 0 Å². The van der Waals surface area contributed by atoms with Crippen LogP contribution in [0.5, 0.6) is 5.75 Å². The summed E-state index contributed by atoms with van der Waals surface area (Å²) in [6.45, 7) is -0.0920. The number of carboxylic acid groups (broad SMARTS) is 1. The summed E-state index contributed by atoms with van der Waals surface area (Å²) in [4.78, 5) is 29.1. The minimum absolute atomic E-state index is 0.0920. The fraction of sp³-hybridized carbons (Fsp3) is 0.0952. The number of alkyl halides is 3. The summed E-state index contributed by atoms with van der Waals surface area (Å²) in [6.07, 6.45) is -0.769. The number of aliphatic carboxylic acids is 1. The molecule has 4 aromatic rings. The molecule has 1 amide bonds. The number of hydrogen-bond donors (Lipinski definition) is 4. The van der Waals surface area contributed by atoms with Gasteiger partial charge in [-0.3, -0.25) is 9.48 Å². The van der Waals surface area contributed by atoms with Gasteiger partial charge in [-0.15, -0.1) is 0 Å². The highest BCUT2D eigenvalue weighted by molar-refractivity contribution is 5.92. The minimum atomic E-state index is -5.08. The summed E-state index contributed by atoms with van der Waals surface area (Å²) in [5.74, 6) is -4.56. The second-order valence-electron chi connectivity index (χ2n) is 6.96. The van der Waals surface area contributed by atoms with Gasteiger partial charge in [0.15, 0.2) is 11.6 Å². The second kappa shape index (κ2) is 10.6. The molecule has 0 aliphatic rings. The van der Waals surface area contributed by atoms with Gasteiger partial charge in [0.25, 0.3) is 0 Å². The predicted octanol–water partition coefficient (Wildman–Crippen LogP) is 3.83. The number of carboxylic acids is 1. The van der Waals surface area contributed by atoms with Crippen molar-refractivity contribution in [1.82, 2.24) is 19.7 Å². The predicted molar refractivity (Wildman–Crippen MR) is 115 cm³/mol. The van der Waals surface area contributed by atoms with E-state index in [0.717, 1.165) is 6.07 Å². The van der Waals surface area contributed by atoms with E-state index >= 15 is 0 Å². The van der Waals surface area contributed by atoms with Crippen molar-refractivity contribution in [2.45, 2.75) is 12.7 Å². The van der Waals surface area contributed by atoms with Gasteiger partial charge in [-0.1, -0.05) is 6.07 Å². The Morgan fingerprint density at radius 2 is 1.78 bits per heavy atom. The number of nitrogens with one attached hydrogen (secondary N) is 2. The van der Waals surface area contributed by atoms with E-state index in [0.29, 0.717) is 28.1 Å². The molecule has 0 spiro atoms. The molecule has 4 N–H and O–H groups in total. The Bertz CT molecular complexity index is 1410. The molecule has 4 rings (SSSR count). The van der Waals surface area contributed by atoms with E-state index in [9.17, 15) is 31.9 Å². The van der Waals surface area contributed by atoms with Crippen LogP contribution in [0.3, 0.4) is 0 Å². The van der Waals surface area contributed by atoms with Gasteiger partial charge < -0.3 is 20.8 Å². The normalized spacial score (nSPS) is 10.9. The van der Waals surface area contributed by atoms with Crippen molar-refractivity contribution in [2.24, 2.45) is 0 Å². The van der Waals surface area contributed by atoms with Crippen LogP contribution in [-0.4, -0.2) is 48.0 Å². The molecule has 0 atom stereocenters. The van der Waals surface area contributed by atoms with E-state index in [1.54, 1.807) is 12.3 Å². The molecule has 2 heterocycles. The molecule has 0 radical (unpaired) electrons. The first-order chi connectivity index (χ1) is 16.9. The van der Waals surface area contributed by atoms with Crippen LogP contribution < -0.4 is 10.6 Å². The van der Waals surface area contributed by atoms with Crippen LogP contribution in [0.2, 0.25) is 0 Å². The smallest absolute Gasteiger partial charge is 0.490 e. The zero-order valence-electron chi connectivity index (χ0n) is 17.8. The van der Waals surface area contributed by atoms with Gasteiger partial charge in [-0.25, -0.2) is 23.5 Å². The summed E-state index contributed by atoms with van der Waals surface area (Å²) in [5.41, 5.74) is 1.22. The molecule has 188 valence electrons. The number of phenols is 1. The zero-order valence-corrected chi connectivity index (χ0v) is 17.8. The lowest BCUT2D eigenvalue weighted by molar-refractivity contribution is -0.192. The lowest BCUT2D eigenvalue weighted by Gasteiger charge is -2.07. The highest BCUT2D eigenvalue weighted by Crippen LogP contribution is 2.27. The van der Waals surface area contributed by atoms with Crippen LogP contribution in [-0.2, 0) is 16.1 Å². The number of benzene rings is 2. The van der Waals surface area contributed by atoms with Gasteiger partial charge in [-0.2, -0.15) is 18.3 Å². The van der Waals surface area contributed by atoms with E-state index in [4.69, 9.17) is 9.90 Å². The average molecular weight is 510 g/mol. The van der Waals surface area contributed by atoms with Crippen molar-refractivity contribution in [2.75, 3.05) is 10.6 Å². The first kappa shape index (κ1) is 25.8. The zero-order chi connectivity index (χ0) is 26.5. The molecule has 0 saturated carbocycles. The maximum absolute atomic E-state index is 13.7. The number of amides is 1. The minimum Gasteiger partial charge on any atom is -0.505 e. The molecule has 2 aromatic carbocycles. The summed E-state index contributed by atoms with van der Waals surface area (Å²) < 4.78 is 60.0. The van der Waals surface area contributed by atoms with Crippen LogP contribution in [0.4, 0.5) is 39.1 Å². The van der Waals surface area contributed by atoms with Gasteiger partial charge >= 0.3 is 12.1 Å². The lowest BCUT2D eigenvalue weighted by atomic mass is 10.2. The number of rotatable bonds is 5. The Morgan fingerprint density at radius 1 is 1.06 bits per heavy atom. The monoisotopic (exact) mass is 510 g/mol. The number of fused-ring (bicyclic) bond motifs is 1. The molecule has 0 bridgehead atoms. The van der Waals surface area contributed by atoms with Crippen molar-refractivity contribution >= 4 is 40.0 Å². The Morgan fingerprint density at radius 3 is 2.44 bits per heavy atom. The topological polar surface area (TPSA) is 142 Å². The highest BCUT2D eigenvalue weighted by Gasteiger charge is 2.38. The maximum Gasteiger partial charge on any atom is 0.490 e. The van der Waals surface area contributed by atoms with Crippen molar-refractivity contribution in [3.05, 3.63) is 66.8 Å². The average Bonchev–Trinajstić information content (AvgIpc) is 3.21. The van der Waals surface area contributed by atoms with E-state index in [-0.39, 0.29) is 12.5 Å². The largest absolute Gasteiger partial charge is 0.505 e. The molecule has 10 nitrogen and oxygen atoms in total. The van der Waals surface area contributed by atoms with Gasteiger partial charge in [0.1, 0.15) is 24.5 Å². The van der Waals surface area contributed by atoms with Crippen LogP contribution in [0.1, 0.15) is 0 Å². The molecule has 0 fully saturated rings. The third-order valence-electron chi connectivity index (χ3n) is 4.26. The SMILES string of the molecule is O=C(Cn1cc(Nc2ncnc3cc(O)c(F)cc23)cn1)Nc1cccc(F)c1.O=C(O)C(F)(F)F. The molecular weight excluding hydrogens is 495 g/mol. The first-order valence-electron chi connectivity index (χ1n) is 9.70. The van der Waals surface area contributed by atoms with Gasteiger partial charge in [0.2, 0.25) is 5.91 Å². The van der Waals surface area contributed by atoms with E-state index < -0.39 is 29.5 Å². The summed E-state index contributed by atoms with van der Waals surface area (Å²) in [7, 11) is 0. The van der Waals surface area contributed by atoms with E-state index in [1.165, 1.54) is 41.5 Å². The third kappa shape index (κ3) is 6.85. The Labute approximate surface area is 198 Å². The number of carbonyl (C=O) groups excluding carboxylic acids is 1. The molecule has 0 aliphatic carbocycles. The van der Waals surface area contributed by atoms with Crippen LogP contribution in [0, 0.1) is 11.6 Å². The van der Waals surface area contributed by atoms with Crippen LogP contribution in [0.15, 0.2) is 55.1 Å². The van der Waals surface area contributed by atoms with Gasteiger partial charge in [-0.05, 0) is 24.3 Å². The Kier molecular flexibility index (Phi) is 7.61. The number of nitrogens with zero attached hydrogens (tertiary/aromatic N) is 4. The van der Waals surface area contributed by atoms with Crippen molar-refractivity contribution in [3.8, 4) is 5.75 Å². The lowest BCUT2D eigenvalue weighted by Crippen LogP contribution is -2.21. The molecule has 15 heteroatoms. The number of aromatic nitrogens is 4. The number of aromatic hydroxyl groups is 1. The third-order valence-corrected chi connectivity index (χ3v) is 4.26. The van der Waals surface area contributed by atoms with Crippen LogP contribution in [0.25, 0.3) is 10.9 Å². The van der Waals surface area contributed by atoms with Crippen molar-refractivity contribution in [1.29, 1.82) is 0 Å². The van der Waals surface area contributed by atoms with E-state index in [1.807, 2.05) is 0 Å². The molecular formula is C21H15F5N6O4. The molecule has 0 saturated heterocycles. The van der Waals surface area contributed by atoms with Crippen molar-refractivity contribution in [3.63, 3.8) is 0 Å². The molecule has 36 heavy (non-hydrogen) atoms. The number of carbonyl (C=O) groups is 2.